The molecule has 0 radical (unpaired) electrons. The minimum atomic E-state index is 0.0331. The predicted octanol–water partition coefficient (Wildman–Crippen LogP) is 2.75. The third kappa shape index (κ3) is 4.74. The maximum Gasteiger partial charge on any atom is 0.317 e. The van der Waals surface area contributed by atoms with Gasteiger partial charge >= 0.3 is 6.03 Å². The Labute approximate surface area is 127 Å². The van der Waals surface area contributed by atoms with Gasteiger partial charge in [0, 0.05) is 25.7 Å². The van der Waals surface area contributed by atoms with Crippen LogP contribution in [0.3, 0.4) is 0 Å². The van der Waals surface area contributed by atoms with Crippen molar-refractivity contribution in [3.05, 3.63) is 35.9 Å². The largest absolute Gasteiger partial charge is 0.334 e. The molecular weight excluding hydrogens is 262 g/mol. The molecule has 4 nitrogen and oxygen atoms in total. The summed E-state index contributed by atoms with van der Waals surface area (Å²) in [5, 5.41) is 6.50. The van der Waals surface area contributed by atoms with Gasteiger partial charge in [0.1, 0.15) is 0 Å². The van der Waals surface area contributed by atoms with Gasteiger partial charge in [-0.25, -0.2) is 4.79 Å². The number of urea groups is 1. The second-order valence-corrected chi connectivity index (χ2v) is 5.82. The van der Waals surface area contributed by atoms with Crippen LogP contribution in [0, 0.1) is 0 Å². The molecule has 1 aromatic carbocycles. The number of nitrogens with zero attached hydrogens (tertiary/aromatic N) is 1. The number of hydrogen-bond acceptors (Lipinski definition) is 2. The van der Waals surface area contributed by atoms with Crippen LogP contribution in [0.15, 0.2) is 30.3 Å². The van der Waals surface area contributed by atoms with Crippen molar-refractivity contribution in [1.82, 2.24) is 15.5 Å². The van der Waals surface area contributed by atoms with Crippen molar-refractivity contribution in [2.75, 3.05) is 13.6 Å². The predicted molar refractivity (Wildman–Crippen MR) is 86.2 cm³/mol. The molecule has 0 unspecified atom stereocenters. The number of rotatable bonds is 5. The second kappa shape index (κ2) is 8.03. The van der Waals surface area contributed by atoms with Crippen LogP contribution in [0.25, 0.3) is 0 Å². The Hall–Kier alpha value is -1.55. The fourth-order valence-corrected chi connectivity index (χ4v) is 3.02. The van der Waals surface area contributed by atoms with E-state index in [9.17, 15) is 4.79 Å². The van der Waals surface area contributed by atoms with Gasteiger partial charge in [0.05, 0.1) is 0 Å². The van der Waals surface area contributed by atoms with Crippen LogP contribution < -0.4 is 10.6 Å². The zero-order valence-electron chi connectivity index (χ0n) is 13.1. The van der Waals surface area contributed by atoms with E-state index in [1.165, 1.54) is 0 Å². The minimum absolute atomic E-state index is 0.0331. The highest BCUT2D eigenvalue weighted by molar-refractivity contribution is 5.74. The topological polar surface area (TPSA) is 44.4 Å². The van der Waals surface area contributed by atoms with Crippen LogP contribution in [0.4, 0.5) is 4.79 Å². The van der Waals surface area contributed by atoms with Gasteiger partial charge in [0.15, 0.2) is 0 Å². The van der Waals surface area contributed by atoms with Gasteiger partial charge in [-0.15, -0.1) is 0 Å². The van der Waals surface area contributed by atoms with Crippen LogP contribution in [-0.4, -0.2) is 36.6 Å². The average molecular weight is 289 g/mol. The van der Waals surface area contributed by atoms with E-state index >= 15 is 0 Å². The van der Waals surface area contributed by atoms with Crippen molar-refractivity contribution in [2.45, 2.75) is 51.2 Å². The van der Waals surface area contributed by atoms with E-state index in [4.69, 9.17) is 0 Å². The molecule has 1 aromatic rings. The van der Waals surface area contributed by atoms with E-state index in [0.29, 0.717) is 18.6 Å². The molecule has 1 aliphatic carbocycles. The number of carbonyl (C=O) groups excluding carboxylic acids is 1. The summed E-state index contributed by atoms with van der Waals surface area (Å²) < 4.78 is 0. The van der Waals surface area contributed by atoms with E-state index in [-0.39, 0.29) is 6.03 Å². The third-order valence-electron chi connectivity index (χ3n) is 4.34. The van der Waals surface area contributed by atoms with Crippen molar-refractivity contribution in [3.63, 3.8) is 0 Å². The molecule has 1 aliphatic rings. The Balaban J connectivity index is 1.75. The lowest BCUT2D eigenvalue weighted by atomic mass is 9.90. The van der Waals surface area contributed by atoms with Gasteiger partial charge in [-0.3, -0.25) is 0 Å². The summed E-state index contributed by atoms with van der Waals surface area (Å²) >= 11 is 0. The quantitative estimate of drug-likeness (QED) is 0.875. The minimum Gasteiger partial charge on any atom is -0.334 e. The number of hydrogen-bond donors (Lipinski definition) is 2. The molecule has 0 heterocycles. The lowest BCUT2D eigenvalue weighted by Gasteiger charge is -2.35. The molecule has 0 atom stereocenters. The van der Waals surface area contributed by atoms with E-state index in [1.54, 1.807) is 0 Å². The summed E-state index contributed by atoms with van der Waals surface area (Å²) in [5.74, 6) is 0. The molecule has 116 valence electrons. The standard InChI is InChI=1S/C17H27N3O/c1-3-18-15-9-11-16(12-10-15)20(2)17(21)19-13-14-7-5-4-6-8-14/h4-8,15-16,18H,3,9-13H2,1-2H3,(H,19,21). The van der Waals surface area contributed by atoms with Crippen molar-refractivity contribution in [3.8, 4) is 0 Å². The van der Waals surface area contributed by atoms with Gasteiger partial charge in [0.2, 0.25) is 0 Å². The van der Waals surface area contributed by atoms with E-state index in [1.807, 2.05) is 42.3 Å². The molecule has 0 spiro atoms. The average Bonchev–Trinajstić information content (AvgIpc) is 2.54. The van der Waals surface area contributed by atoms with Crippen molar-refractivity contribution in [2.24, 2.45) is 0 Å². The Morgan fingerprint density at radius 2 is 1.86 bits per heavy atom. The fourth-order valence-electron chi connectivity index (χ4n) is 3.02. The first-order chi connectivity index (χ1) is 10.2. The molecule has 1 fully saturated rings. The molecule has 2 N–H and O–H groups in total. The van der Waals surface area contributed by atoms with E-state index in [2.05, 4.69) is 17.6 Å². The van der Waals surface area contributed by atoms with Gasteiger partial charge in [-0.05, 0) is 37.8 Å². The van der Waals surface area contributed by atoms with Crippen LogP contribution in [0.2, 0.25) is 0 Å². The Kier molecular flexibility index (Phi) is 6.05. The van der Waals surface area contributed by atoms with E-state index in [0.717, 1.165) is 37.8 Å². The molecule has 2 rings (SSSR count). The van der Waals surface area contributed by atoms with Crippen LogP contribution in [0.5, 0.6) is 0 Å². The monoisotopic (exact) mass is 289 g/mol. The zero-order valence-corrected chi connectivity index (χ0v) is 13.1. The summed E-state index contributed by atoms with van der Waals surface area (Å²) in [6.07, 6.45) is 4.50. The van der Waals surface area contributed by atoms with Gasteiger partial charge in [-0.1, -0.05) is 37.3 Å². The molecule has 0 bridgehead atoms. The molecule has 21 heavy (non-hydrogen) atoms. The highest BCUT2D eigenvalue weighted by Gasteiger charge is 2.25. The first-order valence-electron chi connectivity index (χ1n) is 7.98. The maximum absolute atomic E-state index is 12.2. The molecule has 2 amide bonds. The number of nitrogens with one attached hydrogen (secondary N) is 2. The first kappa shape index (κ1) is 15.8. The molecule has 0 aliphatic heterocycles. The lowest BCUT2D eigenvalue weighted by molar-refractivity contribution is 0.165. The SMILES string of the molecule is CCNC1CCC(N(C)C(=O)NCc2ccccc2)CC1. The summed E-state index contributed by atoms with van der Waals surface area (Å²) in [6, 6.07) is 11.1. The fraction of sp³-hybridized carbons (Fsp3) is 0.588. The van der Waals surface area contributed by atoms with Crippen LogP contribution in [0.1, 0.15) is 38.2 Å². The highest BCUT2D eigenvalue weighted by Crippen LogP contribution is 2.22. The molecule has 4 heteroatoms. The normalized spacial score (nSPS) is 21.8. The van der Waals surface area contributed by atoms with Crippen LogP contribution >= 0.6 is 0 Å². The Morgan fingerprint density at radius 3 is 2.48 bits per heavy atom. The highest BCUT2D eigenvalue weighted by atomic mass is 16.2. The first-order valence-corrected chi connectivity index (χ1v) is 7.98. The summed E-state index contributed by atoms with van der Waals surface area (Å²) in [7, 11) is 1.92. The number of amides is 2. The Bertz CT molecular complexity index is 427. The summed E-state index contributed by atoms with van der Waals surface area (Å²) in [4.78, 5) is 14.1. The van der Waals surface area contributed by atoms with Crippen molar-refractivity contribution < 1.29 is 4.79 Å². The number of carbonyl (C=O) groups is 1. The summed E-state index contributed by atoms with van der Waals surface area (Å²) in [6.45, 7) is 3.77. The molecule has 0 aromatic heterocycles. The Morgan fingerprint density at radius 1 is 1.19 bits per heavy atom. The van der Waals surface area contributed by atoms with Crippen molar-refractivity contribution >= 4 is 6.03 Å². The smallest absolute Gasteiger partial charge is 0.317 e. The van der Waals surface area contributed by atoms with Gasteiger partial charge in [-0.2, -0.15) is 0 Å². The summed E-state index contributed by atoms with van der Waals surface area (Å²) in [5.41, 5.74) is 1.13. The third-order valence-corrected chi connectivity index (χ3v) is 4.34. The second-order valence-electron chi connectivity index (χ2n) is 5.82. The lowest BCUT2D eigenvalue weighted by Crippen LogP contribution is -2.46. The van der Waals surface area contributed by atoms with Crippen molar-refractivity contribution in [1.29, 1.82) is 0 Å². The van der Waals surface area contributed by atoms with Gasteiger partial charge in [0.25, 0.3) is 0 Å². The molecule has 1 saturated carbocycles. The zero-order chi connectivity index (χ0) is 15.1. The molecular formula is C17H27N3O. The van der Waals surface area contributed by atoms with Crippen LogP contribution in [-0.2, 0) is 6.54 Å². The van der Waals surface area contributed by atoms with Gasteiger partial charge < -0.3 is 15.5 Å². The molecule has 0 saturated heterocycles. The van der Waals surface area contributed by atoms with E-state index < -0.39 is 0 Å². The number of benzene rings is 1. The maximum atomic E-state index is 12.2.